The Bertz CT molecular complexity index is 346. The number of hydrogen-bond acceptors (Lipinski definition) is 4. The second-order valence-corrected chi connectivity index (χ2v) is 4.11. The van der Waals surface area contributed by atoms with E-state index in [4.69, 9.17) is 5.11 Å². The summed E-state index contributed by atoms with van der Waals surface area (Å²) >= 11 is 0. The highest BCUT2D eigenvalue weighted by Gasteiger charge is 2.38. The summed E-state index contributed by atoms with van der Waals surface area (Å²) in [5.74, 6) is -1.34. The van der Waals surface area contributed by atoms with Crippen molar-refractivity contribution in [2.75, 3.05) is 19.6 Å². The molecule has 0 bridgehead atoms. The molecule has 0 aliphatic carbocycles. The number of amides is 3. The topological polar surface area (TPSA) is 119 Å². The Labute approximate surface area is 104 Å². The van der Waals surface area contributed by atoms with Crippen LogP contribution >= 0.6 is 0 Å². The maximum Gasteiger partial charge on any atom is 0.326 e. The van der Waals surface area contributed by atoms with Gasteiger partial charge in [0.1, 0.15) is 6.04 Å². The highest BCUT2D eigenvalue weighted by atomic mass is 16.4. The first-order valence-corrected chi connectivity index (χ1v) is 5.61. The van der Waals surface area contributed by atoms with Crippen LogP contribution in [-0.2, 0) is 9.59 Å². The number of carbonyl (C=O) groups excluding carboxylic acids is 2. The van der Waals surface area contributed by atoms with Crippen LogP contribution in [0.5, 0.6) is 0 Å². The quantitative estimate of drug-likeness (QED) is 0.451. The molecule has 102 valence electrons. The first kappa shape index (κ1) is 14.2. The van der Waals surface area contributed by atoms with Gasteiger partial charge in [-0.3, -0.25) is 4.79 Å². The number of nitrogens with one attached hydrogen (secondary N) is 2. The van der Waals surface area contributed by atoms with Crippen LogP contribution in [0.1, 0.15) is 13.3 Å². The van der Waals surface area contributed by atoms with Crippen LogP contribution in [0.4, 0.5) is 4.79 Å². The summed E-state index contributed by atoms with van der Waals surface area (Å²) in [4.78, 5) is 34.2. The molecule has 18 heavy (non-hydrogen) atoms. The van der Waals surface area contributed by atoms with Gasteiger partial charge in [0, 0.05) is 33.0 Å². The second-order valence-electron chi connectivity index (χ2n) is 4.11. The van der Waals surface area contributed by atoms with Crippen LogP contribution in [0.25, 0.3) is 0 Å². The Balaban J connectivity index is 2.40. The van der Waals surface area contributed by atoms with E-state index >= 15 is 0 Å². The lowest BCUT2D eigenvalue weighted by molar-refractivity contribution is -0.141. The Morgan fingerprint density at radius 2 is 1.89 bits per heavy atom. The van der Waals surface area contributed by atoms with Gasteiger partial charge in [0.15, 0.2) is 0 Å². The summed E-state index contributed by atoms with van der Waals surface area (Å²) < 4.78 is 0. The predicted molar refractivity (Wildman–Crippen MR) is 60.8 cm³/mol. The van der Waals surface area contributed by atoms with Gasteiger partial charge >= 0.3 is 12.0 Å². The standard InChI is InChI=1S/C10H17N3O5/c1-6(14)11-2-3-12-10(18)13-5-7(15)4-8(13)9(16)17/h7-8,15H,2-5H2,1H3,(H,11,14)(H,12,18)(H,16,17)/t7-,8-/m0/s1. The molecule has 0 aromatic heterocycles. The molecular formula is C10H17N3O5. The second kappa shape index (κ2) is 6.20. The average molecular weight is 259 g/mol. The fourth-order valence-corrected chi connectivity index (χ4v) is 1.78. The number of likely N-dealkylation sites (tertiary alicyclic amines) is 1. The van der Waals surface area contributed by atoms with Gasteiger partial charge in [0.2, 0.25) is 5.91 Å². The summed E-state index contributed by atoms with van der Waals surface area (Å²) in [7, 11) is 0. The molecule has 0 aromatic carbocycles. The van der Waals surface area contributed by atoms with Crippen LogP contribution in [-0.4, -0.2) is 64.8 Å². The maximum absolute atomic E-state index is 11.7. The third-order valence-corrected chi connectivity index (χ3v) is 2.60. The number of nitrogens with zero attached hydrogens (tertiary/aromatic N) is 1. The summed E-state index contributed by atoms with van der Waals surface area (Å²) in [6.07, 6.45) is -0.777. The zero-order valence-electron chi connectivity index (χ0n) is 10.0. The van der Waals surface area contributed by atoms with Crippen molar-refractivity contribution in [3.05, 3.63) is 0 Å². The van der Waals surface area contributed by atoms with Crippen molar-refractivity contribution in [2.45, 2.75) is 25.5 Å². The minimum Gasteiger partial charge on any atom is -0.480 e. The van der Waals surface area contributed by atoms with Crippen LogP contribution in [0.3, 0.4) is 0 Å². The van der Waals surface area contributed by atoms with Crippen molar-refractivity contribution < 1.29 is 24.6 Å². The van der Waals surface area contributed by atoms with Crippen molar-refractivity contribution in [2.24, 2.45) is 0 Å². The highest BCUT2D eigenvalue weighted by molar-refractivity contribution is 5.83. The molecular weight excluding hydrogens is 242 g/mol. The van der Waals surface area contributed by atoms with E-state index in [-0.39, 0.29) is 32.0 Å². The van der Waals surface area contributed by atoms with Gasteiger partial charge in [0.05, 0.1) is 6.10 Å². The van der Waals surface area contributed by atoms with Gasteiger partial charge in [0.25, 0.3) is 0 Å². The van der Waals surface area contributed by atoms with E-state index in [1.54, 1.807) is 0 Å². The maximum atomic E-state index is 11.7. The smallest absolute Gasteiger partial charge is 0.326 e. The number of aliphatic carboxylic acids is 1. The Morgan fingerprint density at radius 1 is 1.28 bits per heavy atom. The van der Waals surface area contributed by atoms with Crippen LogP contribution < -0.4 is 10.6 Å². The van der Waals surface area contributed by atoms with E-state index in [1.165, 1.54) is 6.92 Å². The number of rotatable bonds is 4. The van der Waals surface area contributed by atoms with Crippen molar-refractivity contribution in [1.29, 1.82) is 0 Å². The molecule has 0 radical (unpaired) electrons. The first-order chi connectivity index (χ1) is 8.41. The zero-order chi connectivity index (χ0) is 13.7. The Hall–Kier alpha value is -1.83. The summed E-state index contributed by atoms with van der Waals surface area (Å²) in [6, 6.07) is -1.55. The minimum atomic E-state index is -1.14. The van der Waals surface area contributed by atoms with E-state index in [1.807, 2.05) is 0 Å². The molecule has 1 rings (SSSR count). The molecule has 1 aliphatic heterocycles. The first-order valence-electron chi connectivity index (χ1n) is 5.61. The number of hydrogen-bond donors (Lipinski definition) is 4. The lowest BCUT2D eigenvalue weighted by Crippen LogP contribution is -2.47. The van der Waals surface area contributed by atoms with Crippen molar-refractivity contribution >= 4 is 17.9 Å². The minimum absolute atomic E-state index is 0.00291. The molecule has 8 heteroatoms. The molecule has 1 heterocycles. The predicted octanol–water partition coefficient (Wildman–Crippen LogP) is -1.65. The number of β-amino-alcohol motifs (C(OH)–C–C–N with tert-alkyl or cyclic N) is 1. The number of carboxylic acids is 1. The van der Waals surface area contributed by atoms with Gasteiger partial charge in [-0.25, -0.2) is 9.59 Å². The average Bonchev–Trinajstić information content (AvgIpc) is 2.66. The van der Waals surface area contributed by atoms with Crippen LogP contribution in [0.2, 0.25) is 0 Å². The normalized spacial score (nSPS) is 22.7. The third kappa shape index (κ3) is 3.88. The van der Waals surface area contributed by atoms with Crippen LogP contribution in [0.15, 0.2) is 0 Å². The molecule has 4 N–H and O–H groups in total. The number of urea groups is 1. The molecule has 0 saturated carbocycles. The molecule has 0 aromatic rings. The van der Waals surface area contributed by atoms with Gasteiger partial charge in [-0.2, -0.15) is 0 Å². The highest BCUT2D eigenvalue weighted by Crippen LogP contribution is 2.17. The molecule has 0 spiro atoms. The number of aliphatic hydroxyl groups is 1. The van der Waals surface area contributed by atoms with Gasteiger partial charge in [-0.05, 0) is 0 Å². The summed E-state index contributed by atoms with van der Waals surface area (Å²) in [5, 5.41) is 23.3. The van der Waals surface area contributed by atoms with Gasteiger partial charge in [-0.1, -0.05) is 0 Å². The molecule has 1 aliphatic rings. The molecule has 3 amide bonds. The Kier molecular flexibility index (Phi) is 4.90. The summed E-state index contributed by atoms with van der Waals surface area (Å²) in [6.45, 7) is 1.84. The van der Waals surface area contributed by atoms with E-state index < -0.39 is 24.1 Å². The lowest BCUT2D eigenvalue weighted by Gasteiger charge is -2.21. The van der Waals surface area contributed by atoms with E-state index in [9.17, 15) is 19.5 Å². The van der Waals surface area contributed by atoms with Gasteiger partial charge < -0.3 is 25.7 Å². The van der Waals surface area contributed by atoms with Gasteiger partial charge in [-0.15, -0.1) is 0 Å². The van der Waals surface area contributed by atoms with E-state index in [2.05, 4.69) is 10.6 Å². The SMILES string of the molecule is CC(=O)NCCNC(=O)N1C[C@@H](O)C[C@H]1C(=O)O. The molecule has 2 atom stereocenters. The number of carboxylic acid groups (broad SMARTS) is 1. The monoisotopic (exact) mass is 259 g/mol. The van der Waals surface area contributed by atoms with E-state index in [0.717, 1.165) is 4.90 Å². The molecule has 1 saturated heterocycles. The molecule has 1 fully saturated rings. The van der Waals surface area contributed by atoms with Crippen LogP contribution in [0, 0.1) is 0 Å². The van der Waals surface area contributed by atoms with Crippen molar-refractivity contribution in [1.82, 2.24) is 15.5 Å². The number of aliphatic hydroxyl groups excluding tert-OH is 1. The van der Waals surface area contributed by atoms with Crippen molar-refractivity contribution in [3.63, 3.8) is 0 Å². The lowest BCUT2D eigenvalue weighted by atomic mass is 10.2. The van der Waals surface area contributed by atoms with Crippen molar-refractivity contribution in [3.8, 4) is 0 Å². The largest absolute Gasteiger partial charge is 0.480 e. The molecule has 8 nitrogen and oxygen atoms in total. The number of carbonyl (C=O) groups is 3. The zero-order valence-corrected chi connectivity index (χ0v) is 10.0. The fraction of sp³-hybridized carbons (Fsp3) is 0.700. The van der Waals surface area contributed by atoms with E-state index in [0.29, 0.717) is 0 Å². The third-order valence-electron chi connectivity index (χ3n) is 2.60. The fourth-order valence-electron chi connectivity index (χ4n) is 1.78. The summed E-state index contributed by atoms with van der Waals surface area (Å²) in [5.41, 5.74) is 0. The molecule has 0 unspecified atom stereocenters. The Morgan fingerprint density at radius 3 is 2.44 bits per heavy atom.